The minimum absolute atomic E-state index is 0.328. The zero-order valence-electron chi connectivity index (χ0n) is 12.6. The topological polar surface area (TPSA) is 76.8 Å². The van der Waals surface area contributed by atoms with Crippen molar-refractivity contribution in [3.8, 4) is 0 Å². The van der Waals surface area contributed by atoms with E-state index in [-0.39, 0.29) is 0 Å². The Hall–Kier alpha value is -1.65. The standard InChI is InChI=1S/C16H25N3O2/c1-2-14(18-12-17)19-9-7-16(8-10-19)5-3-13(4-6-16)11-15(20)21/h2,12-13,17H,1,3-11H2,(H,20,21). The highest BCUT2D eigenvalue weighted by atomic mass is 16.4. The molecule has 2 rings (SSSR count). The molecule has 1 saturated heterocycles. The second-order valence-electron chi connectivity index (χ2n) is 6.35. The zero-order valence-corrected chi connectivity index (χ0v) is 12.6. The predicted molar refractivity (Wildman–Crippen MR) is 83.9 cm³/mol. The van der Waals surface area contributed by atoms with Crippen molar-refractivity contribution in [3.63, 3.8) is 0 Å². The number of aliphatic imine (C=N–C) groups is 1. The molecule has 0 aromatic rings. The van der Waals surface area contributed by atoms with Gasteiger partial charge in [-0.3, -0.25) is 10.2 Å². The molecule has 1 aliphatic carbocycles. The van der Waals surface area contributed by atoms with Crippen molar-refractivity contribution in [2.24, 2.45) is 16.3 Å². The van der Waals surface area contributed by atoms with Crippen LogP contribution in [-0.2, 0) is 4.79 Å². The smallest absolute Gasteiger partial charge is 0.303 e. The van der Waals surface area contributed by atoms with Gasteiger partial charge in [-0.25, -0.2) is 4.99 Å². The van der Waals surface area contributed by atoms with Gasteiger partial charge in [0.25, 0.3) is 0 Å². The quantitative estimate of drug-likeness (QED) is 0.617. The van der Waals surface area contributed by atoms with E-state index in [4.69, 9.17) is 10.5 Å². The maximum absolute atomic E-state index is 10.8. The SMILES string of the molecule is C=CC(=NC=N)N1CCC2(CCC(CC(=O)O)CC2)CC1. The lowest BCUT2D eigenvalue weighted by molar-refractivity contribution is -0.138. The average Bonchev–Trinajstić information content (AvgIpc) is 2.48. The van der Waals surface area contributed by atoms with Crippen LogP contribution in [0.15, 0.2) is 17.6 Å². The first-order chi connectivity index (χ1) is 10.1. The molecule has 1 heterocycles. The summed E-state index contributed by atoms with van der Waals surface area (Å²) in [5, 5.41) is 16.0. The molecule has 1 saturated carbocycles. The van der Waals surface area contributed by atoms with Crippen LogP contribution in [0.3, 0.4) is 0 Å². The van der Waals surface area contributed by atoms with Crippen LogP contribution in [0, 0.1) is 16.7 Å². The fourth-order valence-corrected chi connectivity index (χ4v) is 3.78. The van der Waals surface area contributed by atoms with Gasteiger partial charge in [0.2, 0.25) is 0 Å². The van der Waals surface area contributed by atoms with E-state index in [2.05, 4.69) is 16.5 Å². The van der Waals surface area contributed by atoms with E-state index in [1.54, 1.807) is 6.08 Å². The van der Waals surface area contributed by atoms with Crippen LogP contribution in [0.25, 0.3) is 0 Å². The van der Waals surface area contributed by atoms with Gasteiger partial charge in [0.05, 0.1) is 0 Å². The third kappa shape index (κ3) is 3.93. The lowest BCUT2D eigenvalue weighted by Crippen LogP contribution is -2.44. The van der Waals surface area contributed by atoms with Crippen molar-refractivity contribution in [2.45, 2.75) is 44.9 Å². The number of amidine groups is 1. The Morgan fingerprint density at radius 2 is 1.95 bits per heavy atom. The van der Waals surface area contributed by atoms with E-state index < -0.39 is 5.97 Å². The highest BCUT2D eigenvalue weighted by Crippen LogP contribution is 2.46. The minimum atomic E-state index is -0.663. The van der Waals surface area contributed by atoms with E-state index >= 15 is 0 Å². The summed E-state index contributed by atoms with van der Waals surface area (Å²) in [5.41, 5.74) is 0.405. The normalized spacial score (nSPS) is 23.0. The number of hydrogen-bond acceptors (Lipinski definition) is 2. The van der Waals surface area contributed by atoms with Crippen molar-refractivity contribution < 1.29 is 9.90 Å². The Balaban J connectivity index is 1.87. The fourth-order valence-electron chi connectivity index (χ4n) is 3.78. The number of carbonyl (C=O) groups is 1. The van der Waals surface area contributed by atoms with E-state index in [9.17, 15) is 4.79 Å². The van der Waals surface area contributed by atoms with Gasteiger partial charge in [-0.2, -0.15) is 0 Å². The van der Waals surface area contributed by atoms with Gasteiger partial charge in [-0.1, -0.05) is 6.58 Å². The summed E-state index contributed by atoms with van der Waals surface area (Å²) in [7, 11) is 0. The Bertz CT molecular complexity index is 427. The number of hydrogen-bond donors (Lipinski definition) is 2. The van der Waals surface area contributed by atoms with Gasteiger partial charge in [0.1, 0.15) is 12.2 Å². The molecule has 5 heteroatoms. The van der Waals surface area contributed by atoms with Crippen molar-refractivity contribution in [3.05, 3.63) is 12.7 Å². The molecule has 0 aromatic carbocycles. The first-order valence-corrected chi connectivity index (χ1v) is 7.74. The number of rotatable bonds is 4. The molecule has 0 unspecified atom stereocenters. The summed E-state index contributed by atoms with van der Waals surface area (Å²) >= 11 is 0. The van der Waals surface area contributed by atoms with Crippen LogP contribution >= 0.6 is 0 Å². The van der Waals surface area contributed by atoms with Crippen molar-refractivity contribution in [2.75, 3.05) is 13.1 Å². The largest absolute Gasteiger partial charge is 0.481 e. The van der Waals surface area contributed by atoms with Gasteiger partial charge in [-0.15, -0.1) is 0 Å². The van der Waals surface area contributed by atoms with Crippen LogP contribution in [0.4, 0.5) is 0 Å². The summed E-state index contributed by atoms with van der Waals surface area (Å²) < 4.78 is 0. The van der Waals surface area contributed by atoms with Crippen molar-refractivity contribution in [1.82, 2.24) is 4.90 Å². The number of aliphatic carboxylic acids is 1. The number of carboxylic acids is 1. The van der Waals surface area contributed by atoms with E-state index in [0.717, 1.165) is 63.8 Å². The molecule has 0 bridgehead atoms. The second kappa shape index (κ2) is 6.87. The minimum Gasteiger partial charge on any atom is -0.481 e. The Labute approximate surface area is 126 Å². The third-order valence-corrected chi connectivity index (χ3v) is 5.16. The molecule has 116 valence electrons. The molecule has 2 fully saturated rings. The lowest BCUT2D eigenvalue weighted by atomic mass is 9.65. The van der Waals surface area contributed by atoms with Crippen LogP contribution < -0.4 is 0 Å². The number of nitrogens with zero attached hydrogens (tertiary/aromatic N) is 2. The lowest BCUT2D eigenvalue weighted by Gasteiger charge is -2.46. The molecule has 0 aromatic heterocycles. The van der Waals surface area contributed by atoms with Gasteiger partial charge in [0.15, 0.2) is 0 Å². The molecule has 2 aliphatic rings. The highest BCUT2D eigenvalue weighted by molar-refractivity contribution is 5.96. The molecule has 0 amide bonds. The van der Waals surface area contributed by atoms with Gasteiger partial charge >= 0.3 is 5.97 Å². The zero-order chi connectivity index (χ0) is 15.3. The number of piperidine rings is 1. The molecule has 1 aliphatic heterocycles. The van der Waals surface area contributed by atoms with Gasteiger partial charge in [-0.05, 0) is 55.9 Å². The van der Waals surface area contributed by atoms with Crippen LogP contribution in [0.2, 0.25) is 0 Å². The number of carboxylic acid groups (broad SMARTS) is 1. The molecule has 1 spiro atoms. The maximum Gasteiger partial charge on any atom is 0.303 e. The first-order valence-electron chi connectivity index (χ1n) is 7.74. The van der Waals surface area contributed by atoms with E-state index in [1.807, 2.05) is 0 Å². The highest BCUT2D eigenvalue weighted by Gasteiger charge is 2.38. The van der Waals surface area contributed by atoms with Crippen molar-refractivity contribution in [1.29, 1.82) is 5.41 Å². The van der Waals surface area contributed by atoms with Crippen LogP contribution in [-0.4, -0.2) is 41.2 Å². The molecule has 21 heavy (non-hydrogen) atoms. The monoisotopic (exact) mass is 291 g/mol. The second-order valence-corrected chi connectivity index (χ2v) is 6.35. The van der Waals surface area contributed by atoms with Gasteiger partial charge < -0.3 is 10.0 Å². The number of nitrogens with one attached hydrogen (secondary N) is 1. The van der Waals surface area contributed by atoms with Gasteiger partial charge in [0, 0.05) is 19.5 Å². The van der Waals surface area contributed by atoms with Crippen LogP contribution in [0.1, 0.15) is 44.9 Å². The van der Waals surface area contributed by atoms with Crippen molar-refractivity contribution >= 4 is 18.1 Å². The molecule has 5 nitrogen and oxygen atoms in total. The molecule has 0 radical (unpaired) electrons. The van der Waals surface area contributed by atoms with E-state index in [0.29, 0.717) is 17.8 Å². The molecular weight excluding hydrogens is 266 g/mol. The predicted octanol–water partition coefficient (Wildman–Crippen LogP) is 2.93. The fraction of sp³-hybridized carbons (Fsp3) is 0.688. The average molecular weight is 291 g/mol. The molecule has 0 atom stereocenters. The Morgan fingerprint density at radius 1 is 1.33 bits per heavy atom. The first kappa shape index (κ1) is 15.7. The summed E-state index contributed by atoms with van der Waals surface area (Å²) in [4.78, 5) is 17.0. The maximum atomic E-state index is 10.8. The Morgan fingerprint density at radius 3 is 2.43 bits per heavy atom. The summed E-state index contributed by atoms with van der Waals surface area (Å²) in [6, 6.07) is 0. The third-order valence-electron chi connectivity index (χ3n) is 5.16. The summed E-state index contributed by atoms with van der Waals surface area (Å²) in [6.07, 6.45) is 9.80. The summed E-state index contributed by atoms with van der Waals surface area (Å²) in [6.45, 7) is 5.69. The molecule has 2 N–H and O–H groups in total. The van der Waals surface area contributed by atoms with Crippen LogP contribution in [0.5, 0.6) is 0 Å². The molecular formula is C16H25N3O2. The number of likely N-dealkylation sites (tertiary alicyclic amines) is 1. The Kier molecular flexibility index (Phi) is 5.15. The summed E-state index contributed by atoms with van der Waals surface area (Å²) in [5.74, 6) is 0.498. The van der Waals surface area contributed by atoms with E-state index in [1.165, 1.54) is 0 Å².